The summed E-state index contributed by atoms with van der Waals surface area (Å²) in [5.41, 5.74) is 2.13. The molecule has 0 aliphatic carbocycles. The minimum atomic E-state index is -3.74. The first-order chi connectivity index (χ1) is 9.90. The first-order valence-electron chi connectivity index (χ1n) is 6.22. The third kappa shape index (κ3) is 3.77. The lowest BCUT2D eigenvalue weighted by molar-refractivity contribution is 0.600. The quantitative estimate of drug-likeness (QED) is 0.931. The van der Waals surface area contributed by atoms with E-state index in [9.17, 15) is 8.42 Å². The van der Waals surface area contributed by atoms with Gasteiger partial charge in [0.25, 0.3) is 10.0 Å². The van der Waals surface area contributed by atoms with Gasteiger partial charge in [-0.3, -0.25) is 0 Å². The number of sulfonamides is 1. The first kappa shape index (κ1) is 14.9. The molecule has 7 heteroatoms. The Labute approximate surface area is 123 Å². The predicted octanol–water partition coefficient (Wildman–Crippen LogP) is 1.96. The molecule has 0 atom stereocenters. The molecule has 6 nitrogen and oxygen atoms in total. The predicted molar refractivity (Wildman–Crippen MR) is 78.1 cm³/mol. The second kappa shape index (κ2) is 5.89. The van der Waals surface area contributed by atoms with Gasteiger partial charge < -0.3 is 0 Å². The van der Waals surface area contributed by atoms with Crippen LogP contribution in [0.25, 0.3) is 0 Å². The van der Waals surface area contributed by atoms with E-state index in [1.807, 2.05) is 6.07 Å². The van der Waals surface area contributed by atoms with Crippen molar-refractivity contribution < 1.29 is 8.42 Å². The molecule has 0 fully saturated rings. The lowest BCUT2D eigenvalue weighted by atomic mass is 10.2. The van der Waals surface area contributed by atoms with E-state index in [-0.39, 0.29) is 17.3 Å². The van der Waals surface area contributed by atoms with Gasteiger partial charge in [0.1, 0.15) is 0 Å². The maximum Gasteiger partial charge on any atom is 0.264 e. The monoisotopic (exact) mass is 302 g/mol. The molecular formula is C14H14N4O2S. The number of aromatic nitrogens is 2. The fourth-order valence-electron chi connectivity index (χ4n) is 1.83. The number of rotatable bonds is 4. The summed E-state index contributed by atoms with van der Waals surface area (Å²) in [6.07, 6.45) is 0.244. The van der Waals surface area contributed by atoms with E-state index in [2.05, 4.69) is 14.7 Å². The number of nitrogens with zero attached hydrogens (tertiary/aromatic N) is 3. The van der Waals surface area contributed by atoms with Crippen LogP contribution in [0.15, 0.2) is 35.2 Å². The SMILES string of the molecule is Cc1cc(C)nc(NS(=O)(=O)c2ccc(CC#N)cc2)n1. The number of benzene rings is 1. The molecule has 0 aliphatic heterocycles. The van der Waals surface area contributed by atoms with Crippen molar-refractivity contribution in [3.05, 3.63) is 47.3 Å². The van der Waals surface area contributed by atoms with Gasteiger partial charge in [-0.25, -0.2) is 23.1 Å². The number of nitrogens with one attached hydrogen (secondary N) is 1. The molecule has 1 N–H and O–H groups in total. The Morgan fingerprint density at radius 3 is 2.24 bits per heavy atom. The number of hydrogen-bond donors (Lipinski definition) is 1. The first-order valence-corrected chi connectivity index (χ1v) is 7.70. The van der Waals surface area contributed by atoms with Crippen LogP contribution in [0.2, 0.25) is 0 Å². The topological polar surface area (TPSA) is 95.7 Å². The van der Waals surface area contributed by atoms with Crippen molar-refractivity contribution in [2.45, 2.75) is 25.2 Å². The minimum Gasteiger partial charge on any atom is -0.247 e. The summed E-state index contributed by atoms with van der Waals surface area (Å²) in [5.74, 6) is 0.0496. The highest BCUT2D eigenvalue weighted by Crippen LogP contribution is 2.15. The van der Waals surface area contributed by atoms with Crippen LogP contribution in [-0.4, -0.2) is 18.4 Å². The maximum absolute atomic E-state index is 12.2. The normalized spacial score (nSPS) is 10.9. The fraction of sp³-hybridized carbons (Fsp3) is 0.214. The fourth-order valence-corrected chi connectivity index (χ4v) is 2.77. The molecule has 2 aromatic rings. The molecule has 0 aliphatic rings. The Kier molecular flexibility index (Phi) is 4.19. The molecule has 1 aromatic heterocycles. The van der Waals surface area contributed by atoms with E-state index >= 15 is 0 Å². The van der Waals surface area contributed by atoms with Gasteiger partial charge in [-0.2, -0.15) is 5.26 Å². The van der Waals surface area contributed by atoms with Crippen LogP contribution in [-0.2, 0) is 16.4 Å². The zero-order valence-corrected chi connectivity index (χ0v) is 12.5. The second-order valence-electron chi connectivity index (χ2n) is 4.56. The molecule has 0 unspecified atom stereocenters. The summed E-state index contributed by atoms with van der Waals surface area (Å²) in [6, 6.07) is 9.90. The second-order valence-corrected chi connectivity index (χ2v) is 6.24. The molecule has 0 radical (unpaired) electrons. The minimum absolute atomic E-state index is 0.0496. The van der Waals surface area contributed by atoms with Gasteiger partial charge in [0.15, 0.2) is 0 Å². The van der Waals surface area contributed by atoms with E-state index in [0.717, 1.165) is 5.56 Å². The highest BCUT2D eigenvalue weighted by molar-refractivity contribution is 7.92. The van der Waals surface area contributed by atoms with Crippen LogP contribution in [0.1, 0.15) is 17.0 Å². The third-order valence-corrected chi connectivity index (χ3v) is 4.07. The summed E-state index contributed by atoms with van der Waals surface area (Å²) in [5, 5.41) is 8.60. The van der Waals surface area contributed by atoms with Gasteiger partial charge >= 0.3 is 0 Å². The molecule has 1 heterocycles. The van der Waals surface area contributed by atoms with E-state index in [4.69, 9.17) is 5.26 Å². The largest absolute Gasteiger partial charge is 0.264 e. The Bertz CT molecular complexity index is 772. The van der Waals surface area contributed by atoms with Crippen LogP contribution in [0.4, 0.5) is 5.95 Å². The van der Waals surface area contributed by atoms with E-state index in [0.29, 0.717) is 11.4 Å². The lowest BCUT2D eigenvalue weighted by Gasteiger charge is -2.08. The molecule has 0 saturated carbocycles. The molecule has 0 spiro atoms. The zero-order chi connectivity index (χ0) is 15.5. The molecule has 2 rings (SSSR count). The highest BCUT2D eigenvalue weighted by Gasteiger charge is 2.15. The molecular weight excluding hydrogens is 288 g/mol. The summed E-state index contributed by atoms with van der Waals surface area (Å²) < 4.78 is 26.8. The molecule has 21 heavy (non-hydrogen) atoms. The van der Waals surface area contributed by atoms with Gasteiger partial charge in [-0.15, -0.1) is 0 Å². The molecule has 0 saturated heterocycles. The number of hydrogen-bond acceptors (Lipinski definition) is 5. The molecule has 108 valence electrons. The van der Waals surface area contributed by atoms with Gasteiger partial charge in [0, 0.05) is 11.4 Å². The zero-order valence-electron chi connectivity index (χ0n) is 11.7. The number of aryl methyl sites for hydroxylation is 2. The lowest BCUT2D eigenvalue weighted by Crippen LogP contribution is -2.15. The standard InChI is InChI=1S/C14H14N4O2S/c1-10-9-11(2)17-14(16-10)18-21(19,20)13-5-3-12(4-6-13)7-8-15/h3-6,9H,7H2,1-2H3,(H,16,17,18). The Morgan fingerprint density at radius 1 is 1.14 bits per heavy atom. The Morgan fingerprint density at radius 2 is 1.71 bits per heavy atom. The third-order valence-electron chi connectivity index (χ3n) is 2.72. The van der Waals surface area contributed by atoms with E-state index in [1.165, 1.54) is 12.1 Å². The van der Waals surface area contributed by atoms with Crippen molar-refractivity contribution in [1.82, 2.24) is 9.97 Å². The van der Waals surface area contributed by atoms with Crippen molar-refractivity contribution in [1.29, 1.82) is 5.26 Å². The van der Waals surface area contributed by atoms with Gasteiger partial charge in [-0.1, -0.05) is 12.1 Å². The summed E-state index contributed by atoms with van der Waals surface area (Å²) >= 11 is 0. The Hall–Kier alpha value is -2.46. The summed E-state index contributed by atoms with van der Waals surface area (Å²) in [4.78, 5) is 8.20. The number of nitriles is 1. The van der Waals surface area contributed by atoms with Crippen LogP contribution in [0.3, 0.4) is 0 Å². The van der Waals surface area contributed by atoms with Crippen molar-refractivity contribution in [3.8, 4) is 6.07 Å². The van der Waals surface area contributed by atoms with Gasteiger partial charge in [-0.05, 0) is 37.6 Å². The average Bonchev–Trinajstić information content (AvgIpc) is 2.38. The highest BCUT2D eigenvalue weighted by atomic mass is 32.2. The van der Waals surface area contributed by atoms with Crippen LogP contribution < -0.4 is 4.72 Å². The summed E-state index contributed by atoms with van der Waals surface area (Å²) in [7, 11) is -3.74. The smallest absolute Gasteiger partial charge is 0.247 e. The molecule has 1 aromatic carbocycles. The van der Waals surface area contributed by atoms with Gasteiger partial charge in [0.05, 0.1) is 17.4 Å². The van der Waals surface area contributed by atoms with Crippen molar-refractivity contribution in [2.75, 3.05) is 4.72 Å². The van der Waals surface area contributed by atoms with Crippen LogP contribution in [0.5, 0.6) is 0 Å². The van der Waals surface area contributed by atoms with Crippen molar-refractivity contribution in [2.24, 2.45) is 0 Å². The summed E-state index contributed by atoms with van der Waals surface area (Å²) in [6.45, 7) is 3.53. The maximum atomic E-state index is 12.2. The number of anilines is 1. The van der Waals surface area contributed by atoms with E-state index in [1.54, 1.807) is 32.0 Å². The van der Waals surface area contributed by atoms with Crippen LogP contribution >= 0.6 is 0 Å². The van der Waals surface area contributed by atoms with E-state index < -0.39 is 10.0 Å². The Balaban J connectivity index is 2.27. The van der Waals surface area contributed by atoms with Gasteiger partial charge in [0.2, 0.25) is 5.95 Å². The van der Waals surface area contributed by atoms with Crippen LogP contribution in [0, 0.1) is 25.2 Å². The average molecular weight is 302 g/mol. The van der Waals surface area contributed by atoms with Crippen molar-refractivity contribution >= 4 is 16.0 Å². The van der Waals surface area contributed by atoms with Crippen molar-refractivity contribution in [3.63, 3.8) is 0 Å². The molecule has 0 bridgehead atoms. The molecule has 0 amide bonds.